The number of nitrogens with one attached hydrogen (secondary N) is 1. The minimum Gasteiger partial charge on any atom is -0.481 e. The van der Waals surface area contributed by atoms with Gasteiger partial charge in [-0.15, -0.1) is 11.8 Å². The molecular weight excluding hydrogens is 286 g/mol. The van der Waals surface area contributed by atoms with Crippen LogP contribution in [-0.4, -0.2) is 29.3 Å². The fourth-order valence-electron chi connectivity index (χ4n) is 2.14. The van der Waals surface area contributed by atoms with Gasteiger partial charge in [0, 0.05) is 16.5 Å². The summed E-state index contributed by atoms with van der Waals surface area (Å²) in [6.45, 7) is 6.09. The molecule has 0 spiro atoms. The lowest BCUT2D eigenvalue weighted by Crippen LogP contribution is -2.39. The molecule has 1 aromatic rings. The van der Waals surface area contributed by atoms with Crippen LogP contribution in [0.5, 0.6) is 0 Å². The van der Waals surface area contributed by atoms with E-state index in [2.05, 4.69) is 5.32 Å². The predicted molar refractivity (Wildman–Crippen MR) is 85.8 cm³/mol. The van der Waals surface area contributed by atoms with E-state index in [4.69, 9.17) is 5.11 Å². The molecule has 1 rings (SSSR count). The van der Waals surface area contributed by atoms with Crippen molar-refractivity contribution in [1.82, 2.24) is 5.32 Å². The van der Waals surface area contributed by atoms with E-state index in [0.717, 1.165) is 4.90 Å². The maximum Gasteiger partial charge on any atom is 0.305 e. The molecular formula is C16H23NO3S. The van der Waals surface area contributed by atoms with Gasteiger partial charge in [0.1, 0.15) is 0 Å². The Balaban J connectivity index is 2.76. The Morgan fingerprint density at radius 1 is 1.24 bits per heavy atom. The second kappa shape index (κ2) is 7.50. The van der Waals surface area contributed by atoms with Gasteiger partial charge in [0.05, 0.1) is 6.42 Å². The van der Waals surface area contributed by atoms with Crippen molar-refractivity contribution in [3.05, 3.63) is 29.8 Å². The third-order valence-corrected chi connectivity index (χ3v) is 3.71. The molecule has 0 saturated carbocycles. The monoisotopic (exact) mass is 309 g/mol. The van der Waals surface area contributed by atoms with E-state index < -0.39 is 5.97 Å². The standard InChI is InChI=1S/C16H23NO3S/c1-16(2,3)10-12(9-14(18)19)17-15(20)11-5-7-13(21-4)8-6-11/h5-8,12H,9-10H2,1-4H3,(H,17,20)(H,18,19). The number of aliphatic carboxylic acids is 1. The number of thioether (sulfide) groups is 1. The molecule has 0 aliphatic heterocycles. The van der Waals surface area contributed by atoms with Gasteiger partial charge >= 0.3 is 5.97 Å². The van der Waals surface area contributed by atoms with Crippen molar-refractivity contribution in [3.8, 4) is 0 Å². The summed E-state index contributed by atoms with van der Waals surface area (Å²) in [7, 11) is 0. The summed E-state index contributed by atoms with van der Waals surface area (Å²) in [6.07, 6.45) is 2.53. The number of rotatable bonds is 6. The lowest BCUT2D eigenvalue weighted by atomic mass is 9.87. The molecule has 0 saturated heterocycles. The molecule has 5 heteroatoms. The van der Waals surface area contributed by atoms with E-state index in [-0.39, 0.29) is 23.8 Å². The summed E-state index contributed by atoms with van der Waals surface area (Å²) >= 11 is 1.61. The topological polar surface area (TPSA) is 66.4 Å². The van der Waals surface area contributed by atoms with Crippen LogP contribution < -0.4 is 5.32 Å². The zero-order valence-corrected chi connectivity index (χ0v) is 13.8. The molecule has 1 atom stereocenters. The van der Waals surface area contributed by atoms with Crippen LogP contribution in [0, 0.1) is 5.41 Å². The molecule has 21 heavy (non-hydrogen) atoms. The van der Waals surface area contributed by atoms with Gasteiger partial charge in [0.25, 0.3) is 5.91 Å². The van der Waals surface area contributed by atoms with Crippen LogP contribution in [0.3, 0.4) is 0 Å². The fourth-order valence-corrected chi connectivity index (χ4v) is 2.54. The summed E-state index contributed by atoms with van der Waals surface area (Å²) in [5.41, 5.74) is 0.507. The molecule has 0 aromatic heterocycles. The van der Waals surface area contributed by atoms with E-state index in [1.165, 1.54) is 0 Å². The third-order valence-electron chi connectivity index (χ3n) is 2.97. The highest BCUT2D eigenvalue weighted by Gasteiger charge is 2.23. The van der Waals surface area contributed by atoms with Crippen LogP contribution in [0.25, 0.3) is 0 Å². The van der Waals surface area contributed by atoms with Crippen molar-refractivity contribution < 1.29 is 14.7 Å². The normalized spacial score (nSPS) is 12.8. The fraction of sp³-hybridized carbons (Fsp3) is 0.500. The van der Waals surface area contributed by atoms with Crippen LogP contribution in [0.15, 0.2) is 29.2 Å². The van der Waals surface area contributed by atoms with Crippen LogP contribution in [0.1, 0.15) is 44.0 Å². The molecule has 1 amide bonds. The summed E-state index contributed by atoms with van der Waals surface area (Å²) in [4.78, 5) is 24.2. The van der Waals surface area contributed by atoms with Crippen molar-refractivity contribution in [2.75, 3.05) is 6.26 Å². The number of carbonyl (C=O) groups is 2. The Morgan fingerprint density at radius 2 is 1.81 bits per heavy atom. The number of benzene rings is 1. The number of carboxylic acid groups (broad SMARTS) is 1. The average molecular weight is 309 g/mol. The van der Waals surface area contributed by atoms with Gasteiger partial charge in [-0.25, -0.2) is 0 Å². The van der Waals surface area contributed by atoms with Gasteiger partial charge in [-0.2, -0.15) is 0 Å². The molecule has 0 aliphatic rings. The van der Waals surface area contributed by atoms with Crippen molar-refractivity contribution in [3.63, 3.8) is 0 Å². The summed E-state index contributed by atoms with van der Waals surface area (Å²) in [6, 6.07) is 6.92. The largest absolute Gasteiger partial charge is 0.481 e. The number of amides is 1. The van der Waals surface area contributed by atoms with E-state index >= 15 is 0 Å². The Kier molecular flexibility index (Phi) is 6.27. The minimum absolute atomic E-state index is 0.0455. The molecule has 0 radical (unpaired) electrons. The zero-order valence-electron chi connectivity index (χ0n) is 13.0. The van der Waals surface area contributed by atoms with E-state index in [9.17, 15) is 9.59 Å². The molecule has 0 aliphatic carbocycles. The second-order valence-corrected chi connectivity index (χ2v) is 7.14. The maximum atomic E-state index is 12.2. The van der Waals surface area contributed by atoms with Crippen molar-refractivity contribution in [2.45, 2.75) is 44.6 Å². The Hall–Kier alpha value is -1.49. The highest BCUT2D eigenvalue weighted by molar-refractivity contribution is 7.98. The van der Waals surface area contributed by atoms with Crippen molar-refractivity contribution >= 4 is 23.6 Å². The van der Waals surface area contributed by atoms with Gasteiger partial charge < -0.3 is 10.4 Å². The molecule has 4 nitrogen and oxygen atoms in total. The lowest BCUT2D eigenvalue weighted by Gasteiger charge is -2.25. The molecule has 1 aromatic carbocycles. The lowest BCUT2D eigenvalue weighted by molar-refractivity contribution is -0.137. The van der Waals surface area contributed by atoms with Gasteiger partial charge in [0.15, 0.2) is 0 Å². The van der Waals surface area contributed by atoms with Crippen LogP contribution in [0.4, 0.5) is 0 Å². The summed E-state index contributed by atoms with van der Waals surface area (Å²) in [5.74, 6) is -1.12. The molecule has 116 valence electrons. The van der Waals surface area contributed by atoms with Gasteiger partial charge in [0.2, 0.25) is 0 Å². The molecule has 0 heterocycles. The maximum absolute atomic E-state index is 12.2. The molecule has 1 unspecified atom stereocenters. The van der Waals surface area contributed by atoms with Gasteiger partial charge in [-0.3, -0.25) is 9.59 Å². The molecule has 2 N–H and O–H groups in total. The molecule has 0 bridgehead atoms. The zero-order chi connectivity index (χ0) is 16.0. The molecule has 0 fully saturated rings. The second-order valence-electron chi connectivity index (χ2n) is 6.26. The first-order valence-electron chi connectivity index (χ1n) is 6.88. The van der Waals surface area contributed by atoms with Gasteiger partial charge in [-0.1, -0.05) is 20.8 Å². The SMILES string of the molecule is CSc1ccc(C(=O)NC(CC(=O)O)CC(C)(C)C)cc1. The Labute approximate surface area is 130 Å². The minimum atomic E-state index is -0.901. The third kappa shape index (κ3) is 6.67. The number of hydrogen-bond donors (Lipinski definition) is 2. The number of hydrogen-bond acceptors (Lipinski definition) is 3. The van der Waals surface area contributed by atoms with Crippen molar-refractivity contribution in [1.29, 1.82) is 0 Å². The first kappa shape index (κ1) is 17.6. The Bertz CT molecular complexity index is 491. The Morgan fingerprint density at radius 3 is 2.24 bits per heavy atom. The van der Waals surface area contributed by atoms with Crippen LogP contribution >= 0.6 is 11.8 Å². The highest BCUT2D eigenvalue weighted by Crippen LogP contribution is 2.22. The average Bonchev–Trinajstić information content (AvgIpc) is 2.36. The first-order chi connectivity index (χ1) is 9.71. The quantitative estimate of drug-likeness (QED) is 0.790. The predicted octanol–water partition coefficient (Wildman–Crippen LogP) is 3.42. The van der Waals surface area contributed by atoms with E-state index in [1.54, 1.807) is 23.9 Å². The highest BCUT2D eigenvalue weighted by atomic mass is 32.2. The summed E-state index contributed by atoms with van der Waals surface area (Å²) < 4.78 is 0. The van der Waals surface area contributed by atoms with E-state index in [0.29, 0.717) is 12.0 Å². The van der Waals surface area contributed by atoms with Crippen LogP contribution in [0.2, 0.25) is 0 Å². The smallest absolute Gasteiger partial charge is 0.305 e. The number of carboxylic acids is 1. The number of carbonyl (C=O) groups excluding carboxylic acids is 1. The first-order valence-corrected chi connectivity index (χ1v) is 8.10. The summed E-state index contributed by atoms with van der Waals surface area (Å²) in [5, 5.41) is 11.8. The van der Waals surface area contributed by atoms with Gasteiger partial charge in [-0.05, 0) is 42.4 Å². The van der Waals surface area contributed by atoms with E-state index in [1.807, 2.05) is 39.2 Å². The van der Waals surface area contributed by atoms with Crippen molar-refractivity contribution in [2.24, 2.45) is 5.41 Å². The van der Waals surface area contributed by atoms with Crippen LogP contribution in [-0.2, 0) is 4.79 Å².